The maximum Gasteiger partial charge on any atom is 0.121 e. The van der Waals surface area contributed by atoms with Gasteiger partial charge in [0, 0.05) is 11.6 Å². The van der Waals surface area contributed by atoms with Gasteiger partial charge in [0.1, 0.15) is 11.0 Å². The molecule has 2 heterocycles. The molecule has 0 amide bonds. The minimum Gasteiger partial charge on any atom is -0.258 e. The van der Waals surface area contributed by atoms with Crippen LogP contribution in [-0.4, -0.2) is 25.0 Å². The zero-order valence-electron chi connectivity index (χ0n) is 9.08. The molecule has 0 saturated carbocycles. The van der Waals surface area contributed by atoms with Crippen molar-refractivity contribution in [1.82, 2.24) is 25.0 Å². The summed E-state index contributed by atoms with van der Waals surface area (Å²) in [5.74, 6) is 0. The summed E-state index contributed by atoms with van der Waals surface area (Å²) in [5, 5.41) is 14.7. The van der Waals surface area contributed by atoms with Crippen LogP contribution in [0.25, 0.3) is 32.4 Å². The van der Waals surface area contributed by atoms with Gasteiger partial charge in [-0.05, 0) is 29.2 Å². The third kappa shape index (κ3) is 1.32. The molecule has 0 fully saturated rings. The largest absolute Gasteiger partial charge is 0.258 e. The lowest BCUT2D eigenvalue weighted by atomic mass is 10.0. The van der Waals surface area contributed by atoms with Crippen molar-refractivity contribution in [2.24, 2.45) is 0 Å². The topological polar surface area (TPSA) is 67.3 Å². The third-order valence-electron chi connectivity index (χ3n) is 2.81. The fourth-order valence-corrected chi connectivity index (χ4v) is 2.55. The van der Waals surface area contributed by atoms with Gasteiger partial charge in [-0.1, -0.05) is 27.9 Å². The van der Waals surface area contributed by atoms with Crippen LogP contribution < -0.4 is 0 Å². The maximum atomic E-state index is 4.17. The minimum absolute atomic E-state index is 0.729. The van der Waals surface area contributed by atoms with Crippen molar-refractivity contribution >= 4 is 32.8 Å². The Morgan fingerprint density at radius 1 is 1.11 bits per heavy atom. The van der Waals surface area contributed by atoms with Crippen molar-refractivity contribution in [3.05, 3.63) is 36.4 Å². The Morgan fingerprint density at radius 2 is 2.11 bits per heavy atom. The smallest absolute Gasteiger partial charge is 0.121 e. The average Bonchev–Trinajstić information content (AvgIpc) is 3.05. The van der Waals surface area contributed by atoms with Crippen LogP contribution in [-0.2, 0) is 0 Å². The Balaban J connectivity index is 2.03. The first-order valence-electron chi connectivity index (χ1n) is 5.36. The number of benzene rings is 2. The van der Waals surface area contributed by atoms with Gasteiger partial charge < -0.3 is 0 Å². The summed E-state index contributed by atoms with van der Waals surface area (Å²) in [5.41, 5.74) is 4.48. The molecule has 2 aromatic carbocycles. The summed E-state index contributed by atoms with van der Waals surface area (Å²) < 4.78 is 5.05. The van der Waals surface area contributed by atoms with Gasteiger partial charge in [-0.15, -0.1) is 10.2 Å². The van der Waals surface area contributed by atoms with Gasteiger partial charge >= 0.3 is 0 Å². The molecule has 4 aromatic rings. The zero-order valence-corrected chi connectivity index (χ0v) is 9.90. The first-order valence-corrected chi connectivity index (χ1v) is 6.14. The third-order valence-corrected chi connectivity index (χ3v) is 3.50. The molecule has 0 atom stereocenters. The van der Waals surface area contributed by atoms with Crippen LogP contribution in [0.1, 0.15) is 0 Å². The highest BCUT2D eigenvalue weighted by atomic mass is 32.1. The molecule has 1 N–H and O–H groups in total. The van der Waals surface area contributed by atoms with Crippen molar-refractivity contribution in [2.45, 2.75) is 0 Å². The maximum absolute atomic E-state index is 4.17. The van der Waals surface area contributed by atoms with Gasteiger partial charge in [-0.2, -0.15) is 0 Å². The molecule has 85 valence electrons. The number of aromatic amines is 1. The molecule has 0 bridgehead atoms. The quantitative estimate of drug-likeness (QED) is 0.565. The number of hydrogen-bond acceptors (Lipinski definition) is 5. The van der Waals surface area contributed by atoms with E-state index in [-0.39, 0.29) is 0 Å². The van der Waals surface area contributed by atoms with Crippen molar-refractivity contribution in [1.29, 1.82) is 0 Å². The molecule has 1 radical (unpaired) electrons. The molecule has 5 nitrogen and oxygen atoms in total. The number of fused-ring (bicyclic) bond motifs is 2. The summed E-state index contributed by atoms with van der Waals surface area (Å²) in [7, 11) is 0. The lowest BCUT2D eigenvalue weighted by Gasteiger charge is -2.01. The summed E-state index contributed by atoms with van der Waals surface area (Å²) >= 11 is 1.39. The summed E-state index contributed by atoms with van der Waals surface area (Å²) in [6.45, 7) is 0. The lowest BCUT2D eigenvalue weighted by Crippen LogP contribution is -1.81. The standard InChI is InChI=1S/C12H6N5S/c1-2-8(12-11(3-1)18-17-15-12)7-4-5-9-10(6-7)14-16-13-9/h1-5H,(H,13,14,16). The van der Waals surface area contributed by atoms with E-state index in [1.807, 2.05) is 30.3 Å². The van der Waals surface area contributed by atoms with Gasteiger partial charge in [-0.3, -0.25) is 5.10 Å². The molecule has 4 rings (SSSR count). The Kier molecular flexibility index (Phi) is 1.92. The van der Waals surface area contributed by atoms with Gasteiger partial charge in [0.15, 0.2) is 0 Å². The van der Waals surface area contributed by atoms with Gasteiger partial charge in [0.05, 0.1) is 10.2 Å². The molecule has 18 heavy (non-hydrogen) atoms. The van der Waals surface area contributed by atoms with E-state index >= 15 is 0 Å². The zero-order chi connectivity index (χ0) is 11.9. The Labute approximate surface area is 106 Å². The van der Waals surface area contributed by atoms with Gasteiger partial charge in [0.25, 0.3) is 0 Å². The van der Waals surface area contributed by atoms with E-state index in [9.17, 15) is 0 Å². The van der Waals surface area contributed by atoms with E-state index in [2.05, 4.69) is 31.1 Å². The first kappa shape index (κ1) is 9.67. The van der Waals surface area contributed by atoms with Crippen LogP contribution >= 0.6 is 11.5 Å². The van der Waals surface area contributed by atoms with E-state index in [1.54, 1.807) is 0 Å². The molecule has 0 spiro atoms. The second-order valence-corrected chi connectivity index (χ2v) is 4.66. The fourth-order valence-electron chi connectivity index (χ4n) is 1.96. The summed E-state index contributed by atoms with van der Waals surface area (Å²) in [6, 6.07) is 13.2. The minimum atomic E-state index is 0.729. The predicted octanol–water partition coefficient (Wildman–Crippen LogP) is 2.43. The number of aromatic nitrogens is 5. The molecule has 0 aliphatic rings. The number of hydrogen-bond donors (Lipinski definition) is 1. The fraction of sp³-hybridized carbons (Fsp3) is 0. The van der Waals surface area contributed by atoms with Crippen LogP contribution in [0.2, 0.25) is 0 Å². The second kappa shape index (κ2) is 3.58. The van der Waals surface area contributed by atoms with Crippen molar-refractivity contribution in [3.8, 4) is 11.1 Å². The van der Waals surface area contributed by atoms with Crippen molar-refractivity contribution < 1.29 is 0 Å². The first-order chi connectivity index (χ1) is 8.92. The molecule has 0 saturated heterocycles. The summed E-state index contributed by atoms with van der Waals surface area (Å²) in [4.78, 5) is 0. The van der Waals surface area contributed by atoms with Crippen LogP contribution in [0.4, 0.5) is 0 Å². The molecule has 2 aromatic heterocycles. The van der Waals surface area contributed by atoms with Gasteiger partial charge in [0.2, 0.25) is 0 Å². The van der Waals surface area contributed by atoms with Gasteiger partial charge in [-0.25, -0.2) is 0 Å². The van der Waals surface area contributed by atoms with E-state index < -0.39 is 0 Å². The van der Waals surface area contributed by atoms with Crippen LogP contribution in [0.5, 0.6) is 0 Å². The van der Waals surface area contributed by atoms with E-state index in [1.165, 1.54) is 11.5 Å². The van der Waals surface area contributed by atoms with E-state index in [0.717, 1.165) is 32.4 Å². The Bertz CT molecular complexity index is 848. The molecule has 0 aliphatic carbocycles. The Morgan fingerprint density at radius 3 is 3.11 bits per heavy atom. The SMILES string of the molecule is [c]1c(-c2cccc3snnc23)ccc2[nH]nnc12. The average molecular weight is 252 g/mol. The number of rotatable bonds is 1. The molecule has 6 heteroatoms. The molecule has 0 aliphatic heterocycles. The van der Waals surface area contributed by atoms with Crippen LogP contribution in [0, 0.1) is 6.07 Å². The number of nitrogens with zero attached hydrogens (tertiary/aromatic N) is 4. The normalized spacial score (nSPS) is 11.3. The van der Waals surface area contributed by atoms with E-state index in [4.69, 9.17) is 0 Å². The highest BCUT2D eigenvalue weighted by Gasteiger charge is 2.08. The lowest BCUT2D eigenvalue weighted by molar-refractivity contribution is 0.959. The summed E-state index contributed by atoms with van der Waals surface area (Å²) in [6.07, 6.45) is 0. The second-order valence-electron chi connectivity index (χ2n) is 3.87. The van der Waals surface area contributed by atoms with E-state index in [0.29, 0.717) is 0 Å². The Hall–Kier alpha value is -2.34. The number of nitrogens with one attached hydrogen (secondary N) is 1. The predicted molar refractivity (Wildman–Crippen MR) is 69.1 cm³/mol. The monoisotopic (exact) mass is 252 g/mol. The van der Waals surface area contributed by atoms with Crippen LogP contribution in [0.15, 0.2) is 30.3 Å². The van der Waals surface area contributed by atoms with Crippen molar-refractivity contribution in [2.75, 3.05) is 0 Å². The molecular weight excluding hydrogens is 246 g/mol. The number of H-pyrrole nitrogens is 1. The molecular formula is C12H6N5S. The van der Waals surface area contributed by atoms with Crippen LogP contribution in [0.3, 0.4) is 0 Å². The van der Waals surface area contributed by atoms with Crippen molar-refractivity contribution in [3.63, 3.8) is 0 Å². The molecule has 0 unspecified atom stereocenters. The highest BCUT2D eigenvalue weighted by molar-refractivity contribution is 7.13. The highest BCUT2D eigenvalue weighted by Crippen LogP contribution is 2.29.